The van der Waals surface area contributed by atoms with Crippen molar-refractivity contribution in [2.45, 2.75) is 30.3 Å². The van der Waals surface area contributed by atoms with E-state index in [1.54, 1.807) is 18.9 Å². The van der Waals surface area contributed by atoms with Gasteiger partial charge in [-0.05, 0) is 79.6 Å². The Morgan fingerprint density at radius 2 is 2.09 bits per heavy atom. The Hall–Kier alpha value is -2.19. The van der Waals surface area contributed by atoms with Crippen molar-refractivity contribution < 1.29 is 9.84 Å². The van der Waals surface area contributed by atoms with Crippen molar-refractivity contribution in [2.75, 3.05) is 39.1 Å². The van der Waals surface area contributed by atoms with Crippen LogP contribution >= 0.6 is 11.8 Å². The number of nitrogens with zero attached hydrogens (tertiary/aromatic N) is 3. The Kier molecular flexibility index (Phi) is 8.56. The molecule has 3 atom stereocenters. The van der Waals surface area contributed by atoms with Crippen LogP contribution in [0.2, 0.25) is 0 Å². The van der Waals surface area contributed by atoms with Crippen LogP contribution < -0.4 is 10.5 Å². The number of likely N-dealkylation sites (tertiary alicyclic amines) is 1. The summed E-state index contributed by atoms with van der Waals surface area (Å²) in [6.45, 7) is 3.29. The van der Waals surface area contributed by atoms with Crippen molar-refractivity contribution >= 4 is 22.7 Å². The minimum Gasteiger partial charge on any atom is -0.497 e. The van der Waals surface area contributed by atoms with Gasteiger partial charge >= 0.3 is 0 Å². The number of ether oxygens (including phenoxy) is 1. The number of hydrogen-bond acceptors (Lipinski definition) is 7. The highest BCUT2D eigenvalue weighted by atomic mass is 32.2. The standard InChI is InChI=1S/C26H34N4O2S/c1-32-21-6-8-25-23(16-21)22(9-12-28-25)24(27)7-5-19-10-13-30(17-20(19)18-31)14-15-33-26-4-2-3-11-29-26/h2-4,6,8-9,11-12,16,19-20,24,31H,5,7,10,13-15,17-18,27H2,1H3/t19-,20-,24-/m1/s1. The van der Waals surface area contributed by atoms with E-state index in [-0.39, 0.29) is 12.6 Å². The summed E-state index contributed by atoms with van der Waals surface area (Å²) >= 11 is 1.79. The van der Waals surface area contributed by atoms with E-state index in [9.17, 15) is 5.11 Å². The van der Waals surface area contributed by atoms with Crippen LogP contribution in [0.3, 0.4) is 0 Å². The average molecular weight is 467 g/mol. The van der Waals surface area contributed by atoms with E-state index in [0.717, 1.165) is 71.9 Å². The van der Waals surface area contributed by atoms with E-state index in [0.29, 0.717) is 11.8 Å². The molecule has 6 nitrogen and oxygen atoms in total. The van der Waals surface area contributed by atoms with E-state index in [1.807, 2.05) is 48.8 Å². The molecule has 7 heteroatoms. The molecule has 33 heavy (non-hydrogen) atoms. The number of aliphatic hydroxyl groups excluding tert-OH is 1. The second kappa shape index (κ2) is 11.8. The highest BCUT2D eigenvalue weighted by molar-refractivity contribution is 7.99. The summed E-state index contributed by atoms with van der Waals surface area (Å²) in [5.41, 5.74) is 8.71. The van der Waals surface area contributed by atoms with Crippen molar-refractivity contribution in [1.82, 2.24) is 14.9 Å². The lowest BCUT2D eigenvalue weighted by atomic mass is 9.81. The van der Waals surface area contributed by atoms with Crippen molar-refractivity contribution in [3.63, 3.8) is 0 Å². The molecule has 1 aliphatic heterocycles. The molecule has 1 saturated heterocycles. The first-order chi connectivity index (χ1) is 16.2. The van der Waals surface area contributed by atoms with Crippen molar-refractivity contribution in [2.24, 2.45) is 17.6 Å². The molecule has 4 rings (SSSR count). The quantitative estimate of drug-likeness (QED) is 0.434. The molecule has 3 aromatic rings. The van der Waals surface area contributed by atoms with Crippen LogP contribution in [0.1, 0.15) is 30.9 Å². The van der Waals surface area contributed by atoms with Gasteiger partial charge in [0.15, 0.2) is 0 Å². The molecular formula is C26H34N4O2S. The summed E-state index contributed by atoms with van der Waals surface area (Å²) < 4.78 is 5.40. The lowest BCUT2D eigenvalue weighted by Gasteiger charge is -2.38. The van der Waals surface area contributed by atoms with Crippen LogP contribution in [0.5, 0.6) is 5.75 Å². The zero-order valence-corrected chi connectivity index (χ0v) is 20.1. The average Bonchev–Trinajstić information content (AvgIpc) is 2.87. The second-order valence-electron chi connectivity index (χ2n) is 8.78. The largest absolute Gasteiger partial charge is 0.497 e. The molecule has 1 aliphatic rings. The SMILES string of the molecule is COc1ccc2nccc([C@H](N)CC[C@@H]3CCN(CCSc4ccccn4)C[C@@H]3CO)c2c1. The number of methoxy groups -OCH3 is 1. The number of thioether (sulfide) groups is 1. The molecule has 0 aliphatic carbocycles. The topological polar surface area (TPSA) is 84.5 Å². The smallest absolute Gasteiger partial charge is 0.119 e. The zero-order chi connectivity index (χ0) is 23.0. The number of benzene rings is 1. The van der Waals surface area contributed by atoms with Gasteiger partial charge in [-0.3, -0.25) is 4.98 Å². The second-order valence-corrected chi connectivity index (χ2v) is 9.89. The van der Waals surface area contributed by atoms with Crippen molar-refractivity contribution in [3.05, 3.63) is 60.4 Å². The molecule has 1 fully saturated rings. The first kappa shape index (κ1) is 24.0. The monoisotopic (exact) mass is 466 g/mol. The van der Waals surface area contributed by atoms with Gasteiger partial charge in [-0.1, -0.05) is 6.07 Å². The predicted molar refractivity (Wildman–Crippen MR) is 135 cm³/mol. The third kappa shape index (κ3) is 6.23. The summed E-state index contributed by atoms with van der Waals surface area (Å²) in [6, 6.07) is 13.9. The van der Waals surface area contributed by atoms with Crippen LogP contribution in [0.25, 0.3) is 10.9 Å². The van der Waals surface area contributed by atoms with Gasteiger partial charge in [-0.15, -0.1) is 11.8 Å². The lowest BCUT2D eigenvalue weighted by Crippen LogP contribution is -2.43. The Morgan fingerprint density at radius 3 is 2.88 bits per heavy atom. The minimum atomic E-state index is -0.0604. The summed E-state index contributed by atoms with van der Waals surface area (Å²) in [6.07, 6.45) is 6.70. The highest BCUT2D eigenvalue weighted by Crippen LogP contribution is 2.32. The van der Waals surface area contributed by atoms with Gasteiger partial charge < -0.3 is 20.5 Å². The predicted octanol–water partition coefficient (Wildman–Crippen LogP) is 4.14. The number of hydrogen-bond donors (Lipinski definition) is 2. The van der Waals surface area contributed by atoms with Crippen LogP contribution in [-0.4, -0.2) is 59.1 Å². The maximum absolute atomic E-state index is 10.1. The number of piperidine rings is 1. The molecule has 0 radical (unpaired) electrons. The molecule has 0 unspecified atom stereocenters. The third-order valence-electron chi connectivity index (χ3n) is 6.74. The summed E-state index contributed by atoms with van der Waals surface area (Å²) in [5.74, 6) is 2.64. The van der Waals surface area contributed by atoms with E-state index >= 15 is 0 Å². The molecule has 1 aromatic carbocycles. The summed E-state index contributed by atoms with van der Waals surface area (Å²) in [5, 5.41) is 12.2. The van der Waals surface area contributed by atoms with Crippen LogP contribution in [-0.2, 0) is 0 Å². The number of aromatic nitrogens is 2. The summed E-state index contributed by atoms with van der Waals surface area (Å²) in [7, 11) is 1.68. The van der Waals surface area contributed by atoms with Crippen LogP contribution in [0, 0.1) is 11.8 Å². The number of pyridine rings is 2. The maximum atomic E-state index is 10.1. The Bertz CT molecular complexity index is 1020. The van der Waals surface area contributed by atoms with Crippen molar-refractivity contribution in [1.29, 1.82) is 0 Å². The molecule has 176 valence electrons. The third-order valence-corrected chi connectivity index (χ3v) is 7.66. The van der Waals surface area contributed by atoms with Gasteiger partial charge in [0.1, 0.15) is 5.75 Å². The van der Waals surface area contributed by atoms with E-state index in [1.165, 1.54) is 0 Å². The van der Waals surface area contributed by atoms with Crippen LogP contribution in [0.15, 0.2) is 59.9 Å². The van der Waals surface area contributed by atoms with Gasteiger partial charge in [0, 0.05) is 49.3 Å². The van der Waals surface area contributed by atoms with E-state index < -0.39 is 0 Å². The first-order valence-electron chi connectivity index (χ1n) is 11.7. The van der Waals surface area contributed by atoms with E-state index in [2.05, 4.69) is 20.9 Å². The Labute approximate surface area is 200 Å². The lowest BCUT2D eigenvalue weighted by molar-refractivity contribution is 0.0701. The minimum absolute atomic E-state index is 0.0604. The fourth-order valence-electron chi connectivity index (χ4n) is 4.80. The number of rotatable bonds is 10. The van der Waals surface area contributed by atoms with Gasteiger partial charge in [0.2, 0.25) is 0 Å². The molecule has 0 saturated carbocycles. The van der Waals surface area contributed by atoms with Crippen molar-refractivity contribution in [3.8, 4) is 5.75 Å². The maximum Gasteiger partial charge on any atom is 0.119 e. The van der Waals surface area contributed by atoms with E-state index in [4.69, 9.17) is 10.5 Å². The van der Waals surface area contributed by atoms with Gasteiger partial charge in [0.25, 0.3) is 0 Å². The Balaban J connectivity index is 1.30. The molecule has 0 bridgehead atoms. The Morgan fingerprint density at radius 1 is 1.18 bits per heavy atom. The molecule has 0 spiro atoms. The molecule has 0 amide bonds. The molecule has 3 heterocycles. The number of nitrogens with two attached hydrogens (primary N) is 1. The normalized spacial score (nSPS) is 20.1. The summed E-state index contributed by atoms with van der Waals surface area (Å²) in [4.78, 5) is 11.3. The fourth-order valence-corrected chi connectivity index (χ4v) is 5.67. The number of fused-ring (bicyclic) bond motifs is 1. The zero-order valence-electron chi connectivity index (χ0n) is 19.3. The molecule has 2 aromatic heterocycles. The first-order valence-corrected chi connectivity index (χ1v) is 12.7. The number of aliphatic hydroxyl groups is 1. The molecular weight excluding hydrogens is 432 g/mol. The highest BCUT2D eigenvalue weighted by Gasteiger charge is 2.29. The van der Waals surface area contributed by atoms with Crippen LogP contribution in [0.4, 0.5) is 0 Å². The fraction of sp³-hybridized carbons (Fsp3) is 0.462. The van der Waals surface area contributed by atoms with Gasteiger partial charge in [0.05, 0.1) is 17.7 Å². The molecule has 3 N–H and O–H groups in total. The van der Waals surface area contributed by atoms with Gasteiger partial charge in [-0.25, -0.2) is 4.98 Å². The van der Waals surface area contributed by atoms with Gasteiger partial charge in [-0.2, -0.15) is 0 Å².